The number of nitrogens with two attached hydrogens (primary N) is 1. The highest BCUT2D eigenvalue weighted by Gasteiger charge is 2.31. The van der Waals surface area contributed by atoms with Gasteiger partial charge in [0, 0.05) is 41.9 Å². The predicted molar refractivity (Wildman–Crippen MR) is 118 cm³/mol. The number of fused-ring (bicyclic) bond motifs is 1. The summed E-state index contributed by atoms with van der Waals surface area (Å²) >= 11 is 3.47. The molecule has 4 rings (SSSR count). The Hall–Kier alpha value is -1.99. The van der Waals surface area contributed by atoms with Crippen LogP contribution in [0.2, 0.25) is 0 Å². The smallest absolute Gasteiger partial charge is 0.230 e. The Morgan fingerprint density at radius 3 is 2.62 bits per heavy atom. The molecule has 1 aromatic heterocycles. The lowest BCUT2D eigenvalue weighted by atomic mass is 9.94. The zero-order valence-corrected chi connectivity index (χ0v) is 18.4. The third-order valence-electron chi connectivity index (χ3n) is 6.17. The van der Waals surface area contributed by atoms with Crippen LogP contribution in [0.4, 0.5) is 5.82 Å². The fraction of sp³-hybridized carbons (Fsp3) is 0.500. The van der Waals surface area contributed by atoms with Gasteiger partial charge in [-0.2, -0.15) is 0 Å². The van der Waals surface area contributed by atoms with Gasteiger partial charge in [0.2, 0.25) is 5.91 Å². The fourth-order valence-electron chi connectivity index (χ4n) is 4.53. The number of hydrogen-bond donors (Lipinski definition) is 1. The summed E-state index contributed by atoms with van der Waals surface area (Å²) in [7, 11) is 0. The SMILES string of the molecule is CC1CCc2ncnc(N3CCN(C(=O)C(CCN)c4ccc(Br)cc4)CC3)c21. The Bertz CT molecular complexity index is 864. The van der Waals surface area contributed by atoms with Gasteiger partial charge in [0.05, 0.1) is 5.92 Å². The van der Waals surface area contributed by atoms with Crippen LogP contribution in [0.15, 0.2) is 35.1 Å². The number of aromatic nitrogens is 2. The lowest BCUT2D eigenvalue weighted by Crippen LogP contribution is -2.50. The molecule has 6 nitrogen and oxygen atoms in total. The molecule has 2 aromatic rings. The van der Waals surface area contributed by atoms with E-state index in [2.05, 4.69) is 37.7 Å². The normalized spacial score (nSPS) is 19.9. The molecule has 1 amide bonds. The topological polar surface area (TPSA) is 75.4 Å². The summed E-state index contributed by atoms with van der Waals surface area (Å²) in [6.07, 6.45) is 4.54. The lowest BCUT2D eigenvalue weighted by molar-refractivity contribution is -0.133. The molecule has 1 fully saturated rings. The maximum absolute atomic E-state index is 13.3. The molecule has 29 heavy (non-hydrogen) atoms. The summed E-state index contributed by atoms with van der Waals surface area (Å²) in [5.74, 6) is 1.58. The van der Waals surface area contributed by atoms with Gasteiger partial charge in [-0.1, -0.05) is 35.0 Å². The van der Waals surface area contributed by atoms with E-state index >= 15 is 0 Å². The minimum absolute atomic E-state index is 0.178. The van der Waals surface area contributed by atoms with Gasteiger partial charge in [-0.15, -0.1) is 0 Å². The van der Waals surface area contributed by atoms with E-state index in [1.54, 1.807) is 6.33 Å². The molecule has 1 aliphatic heterocycles. The molecule has 1 aliphatic carbocycles. The summed E-state index contributed by atoms with van der Waals surface area (Å²) in [6.45, 7) is 5.79. The Kier molecular flexibility index (Phi) is 6.15. The number of rotatable bonds is 5. The Morgan fingerprint density at radius 1 is 1.21 bits per heavy atom. The summed E-state index contributed by atoms with van der Waals surface area (Å²) < 4.78 is 1.01. The van der Waals surface area contributed by atoms with E-state index in [4.69, 9.17) is 5.73 Å². The number of amides is 1. The van der Waals surface area contributed by atoms with Crippen molar-refractivity contribution in [3.63, 3.8) is 0 Å². The van der Waals surface area contributed by atoms with Crippen LogP contribution in [0.1, 0.15) is 48.4 Å². The second-order valence-corrected chi connectivity index (χ2v) is 8.91. The zero-order valence-electron chi connectivity index (χ0n) is 16.9. The highest BCUT2D eigenvalue weighted by molar-refractivity contribution is 9.10. The monoisotopic (exact) mass is 457 g/mol. The van der Waals surface area contributed by atoms with Crippen LogP contribution in [0, 0.1) is 0 Å². The first-order valence-corrected chi connectivity index (χ1v) is 11.2. The Balaban J connectivity index is 1.46. The van der Waals surface area contributed by atoms with Crippen molar-refractivity contribution in [3.8, 4) is 0 Å². The number of nitrogens with zero attached hydrogens (tertiary/aromatic N) is 4. The van der Waals surface area contributed by atoms with Gasteiger partial charge < -0.3 is 15.5 Å². The molecular formula is C22H28BrN5O. The molecule has 1 saturated heterocycles. The third kappa shape index (κ3) is 4.16. The van der Waals surface area contributed by atoms with E-state index in [0.717, 1.165) is 41.8 Å². The molecule has 0 bridgehead atoms. The van der Waals surface area contributed by atoms with E-state index < -0.39 is 0 Å². The molecule has 0 spiro atoms. The quantitative estimate of drug-likeness (QED) is 0.746. The van der Waals surface area contributed by atoms with Gasteiger partial charge in [0.25, 0.3) is 0 Å². The number of carbonyl (C=O) groups excluding carboxylic acids is 1. The largest absolute Gasteiger partial charge is 0.353 e. The van der Waals surface area contributed by atoms with Crippen molar-refractivity contribution in [1.29, 1.82) is 0 Å². The number of benzene rings is 1. The summed E-state index contributed by atoms with van der Waals surface area (Å²) in [4.78, 5) is 26.7. The standard InChI is InChI=1S/C22H28BrN5O/c1-15-2-7-19-20(15)21(26-14-25-19)27-10-12-28(13-11-27)22(29)18(8-9-24)16-3-5-17(23)6-4-16/h3-6,14-15,18H,2,7-13,24H2,1H3. The molecule has 2 aliphatic rings. The van der Waals surface area contributed by atoms with Crippen molar-refractivity contribution in [2.45, 2.75) is 38.0 Å². The van der Waals surface area contributed by atoms with Crippen LogP contribution < -0.4 is 10.6 Å². The average molecular weight is 458 g/mol. The van der Waals surface area contributed by atoms with Crippen molar-refractivity contribution in [3.05, 3.63) is 51.9 Å². The first-order valence-electron chi connectivity index (χ1n) is 10.4. The van der Waals surface area contributed by atoms with Gasteiger partial charge in [-0.25, -0.2) is 9.97 Å². The number of hydrogen-bond acceptors (Lipinski definition) is 5. The first kappa shape index (κ1) is 20.3. The van der Waals surface area contributed by atoms with Crippen LogP contribution in [-0.2, 0) is 11.2 Å². The molecule has 0 saturated carbocycles. The molecule has 2 heterocycles. The van der Waals surface area contributed by atoms with E-state index in [1.807, 2.05) is 29.2 Å². The molecule has 2 unspecified atom stereocenters. The molecule has 1 aromatic carbocycles. The van der Waals surface area contributed by atoms with E-state index in [9.17, 15) is 4.79 Å². The fourth-order valence-corrected chi connectivity index (χ4v) is 4.79. The Labute approximate surface area is 180 Å². The van der Waals surface area contributed by atoms with Crippen molar-refractivity contribution in [2.75, 3.05) is 37.6 Å². The maximum atomic E-state index is 13.3. The number of piperazine rings is 1. The van der Waals surface area contributed by atoms with Crippen LogP contribution in [0.3, 0.4) is 0 Å². The molecule has 0 radical (unpaired) electrons. The van der Waals surface area contributed by atoms with Crippen LogP contribution in [0.25, 0.3) is 0 Å². The molecule has 7 heteroatoms. The number of carbonyl (C=O) groups is 1. The van der Waals surface area contributed by atoms with Crippen molar-refractivity contribution in [1.82, 2.24) is 14.9 Å². The molecule has 2 N–H and O–H groups in total. The minimum atomic E-state index is -0.178. The average Bonchev–Trinajstić information content (AvgIpc) is 3.14. The highest BCUT2D eigenvalue weighted by Crippen LogP contribution is 2.37. The summed E-state index contributed by atoms with van der Waals surface area (Å²) in [5.41, 5.74) is 9.36. The highest BCUT2D eigenvalue weighted by atomic mass is 79.9. The molecule has 2 atom stereocenters. The van der Waals surface area contributed by atoms with Crippen LogP contribution in [-0.4, -0.2) is 53.5 Å². The van der Waals surface area contributed by atoms with Gasteiger partial charge in [0.1, 0.15) is 12.1 Å². The van der Waals surface area contributed by atoms with Crippen molar-refractivity contribution >= 4 is 27.7 Å². The Morgan fingerprint density at radius 2 is 1.93 bits per heavy atom. The summed E-state index contributed by atoms with van der Waals surface area (Å²) in [5, 5.41) is 0. The lowest BCUT2D eigenvalue weighted by Gasteiger charge is -2.38. The van der Waals surface area contributed by atoms with Gasteiger partial charge >= 0.3 is 0 Å². The second kappa shape index (κ2) is 8.79. The first-order chi connectivity index (χ1) is 14.1. The number of anilines is 1. The number of aryl methyl sites for hydroxylation is 1. The molecular weight excluding hydrogens is 430 g/mol. The van der Waals surface area contributed by atoms with E-state index in [-0.39, 0.29) is 11.8 Å². The predicted octanol–water partition coefficient (Wildman–Crippen LogP) is 3.07. The molecule has 154 valence electrons. The van der Waals surface area contributed by atoms with Gasteiger partial charge in [-0.05, 0) is 49.4 Å². The van der Waals surface area contributed by atoms with Crippen LogP contribution >= 0.6 is 15.9 Å². The van der Waals surface area contributed by atoms with Gasteiger partial charge in [-0.3, -0.25) is 4.79 Å². The number of halogens is 1. The maximum Gasteiger partial charge on any atom is 0.230 e. The van der Waals surface area contributed by atoms with Crippen molar-refractivity contribution in [2.24, 2.45) is 5.73 Å². The third-order valence-corrected chi connectivity index (χ3v) is 6.70. The summed E-state index contributed by atoms with van der Waals surface area (Å²) in [6, 6.07) is 8.01. The zero-order chi connectivity index (χ0) is 20.4. The van der Waals surface area contributed by atoms with E-state index in [1.165, 1.54) is 11.3 Å². The second-order valence-electron chi connectivity index (χ2n) is 7.99. The van der Waals surface area contributed by atoms with Crippen LogP contribution in [0.5, 0.6) is 0 Å². The minimum Gasteiger partial charge on any atom is -0.353 e. The van der Waals surface area contributed by atoms with E-state index in [0.29, 0.717) is 32.0 Å². The van der Waals surface area contributed by atoms with Gasteiger partial charge in [0.15, 0.2) is 0 Å². The van der Waals surface area contributed by atoms with Crippen molar-refractivity contribution < 1.29 is 4.79 Å².